The van der Waals surface area contributed by atoms with Gasteiger partial charge in [0.1, 0.15) is 5.82 Å². The van der Waals surface area contributed by atoms with Crippen molar-refractivity contribution in [3.63, 3.8) is 0 Å². The third-order valence-corrected chi connectivity index (χ3v) is 5.68. The van der Waals surface area contributed by atoms with E-state index >= 15 is 0 Å². The summed E-state index contributed by atoms with van der Waals surface area (Å²) in [5.41, 5.74) is 0. The quantitative estimate of drug-likeness (QED) is 0.658. The van der Waals surface area contributed by atoms with Gasteiger partial charge in [-0.05, 0) is 18.6 Å². The molecule has 2 aromatic rings. The van der Waals surface area contributed by atoms with Crippen molar-refractivity contribution in [1.82, 2.24) is 29.5 Å². The van der Waals surface area contributed by atoms with Crippen LogP contribution in [-0.2, 0) is 20.9 Å². The number of likely N-dealkylation sites (tertiary alicyclic amines) is 1. The van der Waals surface area contributed by atoms with Crippen LogP contribution in [0.3, 0.4) is 0 Å². The van der Waals surface area contributed by atoms with Gasteiger partial charge in [0.25, 0.3) is 0 Å². The Morgan fingerprint density at radius 1 is 1.18 bits per heavy atom. The number of amides is 2. The van der Waals surface area contributed by atoms with Crippen molar-refractivity contribution in [3.8, 4) is 5.82 Å². The number of carbonyl (C=O) groups excluding carboxylic acids is 2. The number of carbonyl (C=O) groups is 2. The SMILES string of the molecule is O=C(CSc1nnc(CN2CCCC2=O)n1-c1ccccn1)N1CCOCC1. The smallest absolute Gasteiger partial charge is 0.233 e. The van der Waals surface area contributed by atoms with Crippen molar-refractivity contribution in [2.75, 3.05) is 38.6 Å². The molecule has 28 heavy (non-hydrogen) atoms. The Labute approximate surface area is 167 Å². The molecular formula is C18H22N6O3S. The summed E-state index contributed by atoms with van der Waals surface area (Å²) in [6.07, 6.45) is 3.15. The molecule has 148 valence electrons. The van der Waals surface area contributed by atoms with E-state index in [1.54, 1.807) is 11.1 Å². The first-order valence-corrected chi connectivity index (χ1v) is 10.3. The number of rotatable bonds is 6. The number of morpholine rings is 1. The Balaban J connectivity index is 1.53. The molecule has 0 bridgehead atoms. The highest BCUT2D eigenvalue weighted by molar-refractivity contribution is 7.99. The number of ether oxygens (including phenoxy) is 1. The van der Waals surface area contributed by atoms with Crippen LogP contribution in [0.4, 0.5) is 0 Å². The summed E-state index contributed by atoms with van der Waals surface area (Å²) in [7, 11) is 0. The second kappa shape index (κ2) is 8.70. The highest BCUT2D eigenvalue weighted by Gasteiger charge is 2.25. The summed E-state index contributed by atoms with van der Waals surface area (Å²) >= 11 is 1.34. The van der Waals surface area contributed by atoms with Crippen LogP contribution in [0.15, 0.2) is 29.6 Å². The number of pyridine rings is 1. The second-order valence-electron chi connectivity index (χ2n) is 6.62. The van der Waals surface area contributed by atoms with Crippen LogP contribution < -0.4 is 0 Å². The van der Waals surface area contributed by atoms with E-state index in [0.29, 0.717) is 56.1 Å². The Morgan fingerprint density at radius 3 is 2.75 bits per heavy atom. The van der Waals surface area contributed by atoms with Crippen molar-refractivity contribution in [2.24, 2.45) is 0 Å². The summed E-state index contributed by atoms with van der Waals surface area (Å²) in [6, 6.07) is 5.60. The molecule has 0 saturated carbocycles. The molecule has 10 heteroatoms. The average molecular weight is 402 g/mol. The van der Waals surface area contributed by atoms with Crippen molar-refractivity contribution >= 4 is 23.6 Å². The van der Waals surface area contributed by atoms with Crippen LogP contribution in [0.2, 0.25) is 0 Å². The van der Waals surface area contributed by atoms with E-state index in [-0.39, 0.29) is 17.6 Å². The van der Waals surface area contributed by atoms with E-state index < -0.39 is 0 Å². The molecule has 0 aliphatic carbocycles. The predicted octanol–water partition coefficient (Wildman–Crippen LogP) is 0.736. The third kappa shape index (κ3) is 4.17. The number of hydrogen-bond acceptors (Lipinski definition) is 7. The minimum absolute atomic E-state index is 0.0557. The van der Waals surface area contributed by atoms with Crippen LogP contribution in [0, 0.1) is 0 Å². The van der Waals surface area contributed by atoms with Gasteiger partial charge in [-0.25, -0.2) is 4.98 Å². The van der Waals surface area contributed by atoms with Crippen LogP contribution in [0.5, 0.6) is 0 Å². The Kier molecular flexibility index (Phi) is 5.87. The van der Waals surface area contributed by atoms with Gasteiger partial charge >= 0.3 is 0 Å². The first kappa shape index (κ1) is 18.9. The molecule has 0 N–H and O–H groups in total. The Hall–Kier alpha value is -2.46. The summed E-state index contributed by atoms with van der Waals surface area (Å²) in [5.74, 6) is 1.78. The van der Waals surface area contributed by atoms with E-state index in [1.807, 2.05) is 27.7 Å². The summed E-state index contributed by atoms with van der Waals surface area (Å²) < 4.78 is 7.13. The topological polar surface area (TPSA) is 93.5 Å². The van der Waals surface area contributed by atoms with Gasteiger partial charge < -0.3 is 14.5 Å². The monoisotopic (exact) mass is 402 g/mol. The predicted molar refractivity (Wildman–Crippen MR) is 102 cm³/mol. The fourth-order valence-electron chi connectivity index (χ4n) is 3.28. The fraction of sp³-hybridized carbons (Fsp3) is 0.500. The largest absolute Gasteiger partial charge is 0.378 e. The van der Waals surface area contributed by atoms with E-state index in [0.717, 1.165) is 13.0 Å². The molecule has 2 aromatic heterocycles. The molecule has 2 aliphatic rings. The van der Waals surface area contributed by atoms with Crippen LogP contribution >= 0.6 is 11.8 Å². The van der Waals surface area contributed by atoms with Crippen LogP contribution in [0.1, 0.15) is 18.7 Å². The lowest BCUT2D eigenvalue weighted by Crippen LogP contribution is -2.41. The van der Waals surface area contributed by atoms with Crippen molar-refractivity contribution in [2.45, 2.75) is 24.5 Å². The molecule has 0 aromatic carbocycles. The molecule has 4 heterocycles. The summed E-state index contributed by atoms with van der Waals surface area (Å²) in [6.45, 7) is 3.51. The number of nitrogens with zero attached hydrogens (tertiary/aromatic N) is 6. The van der Waals surface area contributed by atoms with Gasteiger partial charge in [-0.15, -0.1) is 10.2 Å². The molecule has 2 fully saturated rings. The normalized spacial score (nSPS) is 17.4. The fourth-order valence-corrected chi connectivity index (χ4v) is 4.15. The highest BCUT2D eigenvalue weighted by Crippen LogP contribution is 2.23. The van der Waals surface area contributed by atoms with E-state index in [4.69, 9.17) is 4.74 Å². The molecule has 0 atom stereocenters. The zero-order chi connectivity index (χ0) is 19.3. The lowest BCUT2D eigenvalue weighted by molar-refractivity contribution is -0.132. The molecule has 0 unspecified atom stereocenters. The van der Waals surface area contributed by atoms with Crippen molar-refractivity contribution < 1.29 is 14.3 Å². The maximum absolute atomic E-state index is 12.5. The van der Waals surface area contributed by atoms with E-state index in [1.165, 1.54) is 11.8 Å². The maximum Gasteiger partial charge on any atom is 0.233 e. The first-order chi connectivity index (χ1) is 13.7. The number of thioether (sulfide) groups is 1. The standard InChI is InChI=1S/C18H22N6O3S/c25-16-5-3-7-23(16)12-15-20-21-18(24(15)14-4-1-2-6-19-14)28-13-17(26)22-8-10-27-11-9-22/h1-2,4,6H,3,5,7-13H2. The van der Waals surface area contributed by atoms with Crippen molar-refractivity contribution in [3.05, 3.63) is 30.2 Å². The van der Waals surface area contributed by atoms with Gasteiger partial charge in [-0.2, -0.15) is 0 Å². The minimum atomic E-state index is 0.0557. The lowest BCUT2D eigenvalue weighted by atomic mass is 10.4. The molecule has 9 nitrogen and oxygen atoms in total. The Morgan fingerprint density at radius 2 is 2.04 bits per heavy atom. The molecule has 2 aliphatic heterocycles. The van der Waals surface area contributed by atoms with Crippen molar-refractivity contribution in [1.29, 1.82) is 0 Å². The number of aromatic nitrogens is 4. The summed E-state index contributed by atoms with van der Waals surface area (Å²) in [5, 5.41) is 9.17. The van der Waals surface area contributed by atoms with E-state index in [9.17, 15) is 9.59 Å². The van der Waals surface area contributed by atoms with Crippen LogP contribution in [0.25, 0.3) is 5.82 Å². The van der Waals surface area contributed by atoms with Gasteiger partial charge in [0.2, 0.25) is 11.8 Å². The Bertz CT molecular complexity index is 837. The molecule has 0 spiro atoms. The maximum atomic E-state index is 12.5. The van der Waals surface area contributed by atoms with Gasteiger partial charge in [0, 0.05) is 32.3 Å². The molecule has 4 rings (SSSR count). The average Bonchev–Trinajstić information content (AvgIpc) is 3.33. The minimum Gasteiger partial charge on any atom is -0.378 e. The first-order valence-electron chi connectivity index (χ1n) is 9.34. The zero-order valence-corrected chi connectivity index (χ0v) is 16.3. The lowest BCUT2D eigenvalue weighted by Gasteiger charge is -2.26. The molecular weight excluding hydrogens is 380 g/mol. The van der Waals surface area contributed by atoms with Gasteiger partial charge in [-0.1, -0.05) is 17.8 Å². The number of hydrogen-bond donors (Lipinski definition) is 0. The van der Waals surface area contributed by atoms with Gasteiger partial charge in [0.15, 0.2) is 11.0 Å². The third-order valence-electron chi connectivity index (χ3n) is 4.77. The van der Waals surface area contributed by atoms with Crippen LogP contribution in [-0.4, -0.2) is 80.0 Å². The molecule has 2 amide bonds. The molecule has 2 saturated heterocycles. The summed E-state index contributed by atoms with van der Waals surface area (Å²) in [4.78, 5) is 32.5. The zero-order valence-electron chi connectivity index (χ0n) is 15.5. The van der Waals surface area contributed by atoms with E-state index in [2.05, 4.69) is 15.2 Å². The van der Waals surface area contributed by atoms with Gasteiger partial charge in [-0.3, -0.25) is 14.2 Å². The highest BCUT2D eigenvalue weighted by atomic mass is 32.2. The second-order valence-corrected chi connectivity index (χ2v) is 7.57. The van der Waals surface area contributed by atoms with Gasteiger partial charge in [0.05, 0.1) is 25.5 Å². The molecule has 0 radical (unpaired) electrons.